The third-order valence-corrected chi connectivity index (χ3v) is 2.45. The van der Waals surface area contributed by atoms with Crippen LogP contribution in [0.25, 0.3) is 0 Å². The molecule has 1 aliphatic carbocycles. The highest BCUT2D eigenvalue weighted by molar-refractivity contribution is 6.05. The van der Waals surface area contributed by atoms with Gasteiger partial charge in [0.25, 0.3) is 5.91 Å². The Morgan fingerprint density at radius 3 is 2.18 bits per heavy atom. The van der Waals surface area contributed by atoms with Gasteiger partial charge in [0.1, 0.15) is 0 Å². The van der Waals surface area contributed by atoms with Gasteiger partial charge in [0.15, 0.2) is 11.6 Å². The van der Waals surface area contributed by atoms with Gasteiger partial charge in [-0.15, -0.1) is 0 Å². The van der Waals surface area contributed by atoms with Crippen molar-refractivity contribution in [2.24, 2.45) is 0 Å². The van der Waals surface area contributed by atoms with E-state index in [-0.39, 0.29) is 11.6 Å². The lowest BCUT2D eigenvalue weighted by Crippen LogP contribution is -2.27. The van der Waals surface area contributed by atoms with Crippen LogP contribution in [-0.2, 0) is 0 Å². The Balaban J connectivity index is 2.38. The number of nitrogens with one attached hydrogen (secondary N) is 1. The SMILES string of the molecule is O=C(O)c1cc(F)c(F)cc1C(=O)NC1CC1. The Bertz CT molecular complexity index is 498. The number of carboxylic acids is 1. The Morgan fingerprint density at radius 1 is 1.18 bits per heavy atom. The van der Waals surface area contributed by atoms with E-state index in [2.05, 4.69) is 5.32 Å². The second kappa shape index (κ2) is 4.12. The summed E-state index contributed by atoms with van der Waals surface area (Å²) in [6.07, 6.45) is 1.63. The number of hydrogen-bond donors (Lipinski definition) is 2. The fraction of sp³-hybridized carbons (Fsp3) is 0.273. The molecule has 1 aliphatic rings. The predicted molar refractivity (Wildman–Crippen MR) is 53.8 cm³/mol. The highest BCUT2D eigenvalue weighted by Crippen LogP contribution is 2.21. The van der Waals surface area contributed by atoms with Crippen LogP contribution in [0.2, 0.25) is 0 Å². The van der Waals surface area contributed by atoms with Gasteiger partial charge in [-0.1, -0.05) is 0 Å². The molecule has 0 saturated heterocycles. The number of benzene rings is 1. The molecular weight excluding hydrogens is 232 g/mol. The number of hydrogen-bond acceptors (Lipinski definition) is 2. The number of rotatable bonds is 3. The number of halogens is 2. The Morgan fingerprint density at radius 2 is 1.71 bits per heavy atom. The molecule has 1 aromatic rings. The molecule has 0 radical (unpaired) electrons. The molecule has 4 nitrogen and oxygen atoms in total. The van der Waals surface area contributed by atoms with Crippen LogP contribution in [0.3, 0.4) is 0 Å². The zero-order valence-corrected chi connectivity index (χ0v) is 8.67. The average Bonchev–Trinajstić information content (AvgIpc) is 3.04. The number of carbonyl (C=O) groups is 2. The minimum absolute atomic E-state index is 0.0114. The highest BCUT2D eigenvalue weighted by atomic mass is 19.2. The summed E-state index contributed by atoms with van der Waals surface area (Å²) in [7, 11) is 0. The molecule has 1 fully saturated rings. The van der Waals surface area contributed by atoms with Gasteiger partial charge in [-0.2, -0.15) is 0 Å². The van der Waals surface area contributed by atoms with Crippen LogP contribution in [0.4, 0.5) is 8.78 Å². The Hall–Kier alpha value is -1.98. The van der Waals surface area contributed by atoms with Crippen molar-refractivity contribution in [1.82, 2.24) is 5.32 Å². The molecule has 0 atom stereocenters. The number of carbonyl (C=O) groups excluding carboxylic acids is 1. The van der Waals surface area contributed by atoms with Gasteiger partial charge in [-0.25, -0.2) is 13.6 Å². The summed E-state index contributed by atoms with van der Waals surface area (Å²) in [5, 5.41) is 11.3. The Labute approximate surface area is 95.2 Å². The first-order valence-corrected chi connectivity index (χ1v) is 5.02. The molecule has 90 valence electrons. The molecule has 2 N–H and O–H groups in total. The van der Waals surface area contributed by atoms with Crippen LogP contribution < -0.4 is 5.32 Å². The molecule has 2 rings (SSSR count). The lowest BCUT2D eigenvalue weighted by atomic mass is 10.1. The normalized spacial score (nSPS) is 14.5. The smallest absolute Gasteiger partial charge is 0.336 e. The van der Waals surface area contributed by atoms with E-state index in [4.69, 9.17) is 5.11 Å². The van der Waals surface area contributed by atoms with Gasteiger partial charge in [-0.3, -0.25) is 4.79 Å². The number of amides is 1. The molecule has 0 aromatic heterocycles. The number of carboxylic acid groups (broad SMARTS) is 1. The quantitative estimate of drug-likeness (QED) is 0.843. The third kappa shape index (κ3) is 2.41. The fourth-order valence-electron chi connectivity index (χ4n) is 1.40. The van der Waals surface area contributed by atoms with E-state index in [0.717, 1.165) is 12.8 Å². The highest BCUT2D eigenvalue weighted by Gasteiger charge is 2.27. The fourth-order valence-corrected chi connectivity index (χ4v) is 1.40. The van der Waals surface area contributed by atoms with E-state index >= 15 is 0 Å². The van der Waals surface area contributed by atoms with Gasteiger partial charge in [-0.05, 0) is 25.0 Å². The van der Waals surface area contributed by atoms with E-state index in [1.165, 1.54) is 0 Å². The van der Waals surface area contributed by atoms with E-state index in [1.54, 1.807) is 0 Å². The molecule has 1 aromatic carbocycles. The van der Waals surface area contributed by atoms with E-state index < -0.39 is 29.1 Å². The molecular formula is C11H9F2NO3. The van der Waals surface area contributed by atoms with Crippen molar-refractivity contribution < 1.29 is 23.5 Å². The summed E-state index contributed by atoms with van der Waals surface area (Å²) < 4.78 is 25.9. The van der Waals surface area contributed by atoms with Crippen LogP contribution in [0, 0.1) is 11.6 Å². The monoisotopic (exact) mass is 241 g/mol. The summed E-state index contributed by atoms with van der Waals surface area (Å²) >= 11 is 0. The largest absolute Gasteiger partial charge is 0.478 e. The molecule has 0 unspecified atom stereocenters. The summed E-state index contributed by atoms with van der Waals surface area (Å²) in [4.78, 5) is 22.4. The maximum Gasteiger partial charge on any atom is 0.336 e. The Kier molecular flexibility index (Phi) is 2.79. The zero-order chi connectivity index (χ0) is 12.6. The zero-order valence-electron chi connectivity index (χ0n) is 8.67. The maximum atomic E-state index is 13.0. The summed E-state index contributed by atoms with van der Waals surface area (Å²) in [5.74, 6) is -4.69. The minimum Gasteiger partial charge on any atom is -0.478 e. The van der Waals surface area contributed by atoms with Crippen LogP contribution in [0.15, 0.2) is 12.1 Å². The van der Waals surface area contributed by atoms with Gasteiger partial charge < -0.3 is 10.4 Å². The predicted octanol–water partition coefficient (Wildman–Crippen LogP) is 1.56. The summed E-state index contributed by atoms with van der Waals surface area (Å²) in [6.45, 7) is 0. The molecule has 17 heavy (non-hydrogen) atoms. The first-order chi connectivity index (χ1) is 7.99. The van der Waals surface area contributed by atoms with Gasteiger partial charge in [0.2, 0.25) is 0 Å². The maximum absolute atomic E-state index is 13.0. The lowest BCUT2D eigenvalue weighted by molar-refractivity contribution is 0.0690. The number of aromatic carboxylic acids is 1. The topological polar surface area (TPSA) is 66.4 Å². The van der Waals surface area contributed by atoms with Crippen molar-refractivity contribution in [2.75, 3.05) is 0 Å². The van der Waals surface area contributed by atoms with Crippen molar-refractivity contribution in [3.8, 4) is 0 Å². The molecule has 0 spiro atoms. The second-order valence-corrected chi connectivity index (χ2v) is 3.86. The molecule has 0 bridgehead atoms. The van der Waals surface area contributed by atoms with Crippen molar-refractivity contribution in [3.63, 3.8) is 0 Å². The first kappa shape index (κ1) is 11.5. The molecule has 0 heterocycles. The van der Waals surface area contributed by atoms with Crippen LogP contribution in [-0.4, -0.2) is 23.0 Å². The lowest BCUT2D eigenvalue weighted by Gasteiger charge is -2.07. The van der Waals surface area contributed by atoms with Gasteiger partial charge in [0.05, 0.1) is 11.1 Å². The van der Waals surface area contributed by atoms with Gasteiger partial charge in [0, 0.05) is 6.04 Å². The third-order valence-electron chi connectivity index (χ3n) is 2.45. The molecule has 6 heteroatoms. The van der Waals surface area contributed by atoms with Crippen LogP contribution in [0.1, 0.15) is 33.6 Å². The molecule has 1 saturated carbocycles. The van der Waals surface area contributed by atoms with E-state index in [1.807, 2.05) is 0 Å². The average molecular weight is 241 g/mol. The van der Waals surface area contributed by atoms with Crippen molar-refractivity contribution in [2.45, 2.75) is 18.9 Å². The first-order valence-electron chi connectivity index (χ1n) is 5.02. The van der Waals surface area contributed by atoms with Crippen molar-refractivity contribution in [1.29, 1.82) is 0 Å². The van der Waals surface area contributed by atoms with E-state index in [0.29, 0.717) is 12.1 Å². The molecule has 1 amide bonds. The van der Waals surface area contributed by atoms with E-state index in [9.17, 15) is 18.4 Å². The van der Waals surface area contributed by atoms with Gasteiger partial charge >= 0.3 is 5.97 Å². The standard InChI is InChI=1S/C11H9F2NO3/c12-8-3-6(10(15)14-5-1-2-5)7(11(16)17)4-9(8)13/h3-5H,1-2H2,(H,14,15)(H,16,17). The van der Waals surface area contributed by atoms with Crippen LogP contribution in [0.5, 0.6) is 0 Å². The van der Waals surface area contributed by atoms with Crippen molar-refractivity contribution in [3.05, 3.63) is 34.9 Å². The molecule has 0 aliphatic heterocycles. The van der Waals surface area contributed by atoms with Crippen LogP contribution >= 0.6 is 0 Å². The summed E-state index contributed by atoms with van der Waals surface area (Å²) in [6, 6.07) is 1.13. The minimum atomic E-state index is -1.47. The van der Waals surface area contributed by atoms with Crippen molar-refractivity contribution >= 4 is 11.9 Å². The second-order valence-electron chi connectivity index (χ2n) is 3.86. The summed E-state index contributed by atoms with van der Waals surface area (Å²) in [5.41, 5.74) is -0.898.